The zero-order chi connectivity index (χ0) is 41.9. The van der Waals surface area contributed by atoms with Gasteiger partial charge < -0.3 is 14.8 Å². The fourth-order valence-electron chi connectivity index (χ4n) is 6.36. The van der Waals surface area contributed by atoms with E-state index >= 15 is 0 Å². The molecule has 2 unspecified atom stereocenters. The number of anilines is 1. The molecule has 2 N–H and O–H groups in total. The molecule has 0 radical (unpaired) electrons. The lowest BCUT2D eigenvalue weighted by Crippen LogP contribution is -2.65. The molecule has 0 aliphatic carbocycles. The van der Waals surface area contributed by atoms with E-state index in [4.69, 9.17) is 21.1 Å². The first-order chi connectivity index (χ1) is 26.0. The van der Waals surface area contributed by atoms with Gasteiger partial charge in [-0.3, -0.25) is 19.2 Å². The molecular weight excluding hydrogens is 754 g/mol. The number of hydrogen-bond donors (Lipinski definition) is 2. The number of carbonyl (C=O) groups excluding carboxylic acids is 4. The molecule has 13 heteroatoms. The number of ketones is 1. The van der Waals surface area contributed by atoms with Crippen LogP contribution in [0.5, 0.6) is 11.5 Å². The predicted molar refractivity (Wildman–Crippen MR) is 219 cm³/mol. The number of alkyl halides is 1. The van der Waals surface area contributed by atoms with Crippen LogP contribution >= 0.6 is 11.6 Å². The fraction of sp³-hybridized carbons (Fsp3) is 0.488. The molecule has 304 valence electrons. The standard InChI is InChI=1S/C43H56ClN3O8S/c1-11-40(5,6)30-19-21-34(33(26-30)41(7,8)12-2)54-29(4)24-25-45-56(52,53)35-27-32(20-18-28(35)3)55-42(9,10)38(50)43(44,47-36(48)22-23-37(47)49)39(51)46-31-16-14-13-15-17-31/h13-21,26-27,29,45H,11-12,22-25H2,1-10H3,(H,46,51). The van der Waals surface area contributed by atoms with Gasteiger partial charge in [-0.15, -0.1) is 0 Å². The largest absolute Gasteiger partial charge is 0.490 e. The van der Waals surface area contributed by atoms with E-state index in [2.05, 4.69) is 63.7 Å². The van der Waals surface area contributed by atoms with Gasteiger partial charge in [-0.2, -0.15) is 0 Å². The maximum absolute atomic E-state index is 14.2. The highest BCUT2D eigenvalue weighted by Crippen LogP contribution is 2.40. The molecule has 1 fully saturated rings. The predicted octanol–water partition coefficient (Wildman–Crippen LogP) is 7.96. The van der Waals surface area contributed by atoms with Gasteiger partial charge in [-0.1, -0.05) is 89.5 Å². The molecule has 0 saturated carbocycles. The Balaban J connectivity index is 1.51. The summed E-state index contributed by atoms with van der Waals surface area (Å²) in [7, 11) is -4.08. The van der Waals surface area contributed by atoms with Crippen molar-refractivity contribution in [3.05, 3.63) is 83.4 Å². The van der Waals surface area contributed by atoms with Crippen molar-refractivity contribution in [1.29, 1.82) is 0 Å². The summed E-state index contributed by atoms with van der Waals surface area (Å²) in [5.41, 5.74) is 0.990. The minimum Gasteiger partial charge on any atom is -0.490 e. The first-order valence-corrected chi connectivity index (χ1v) is 20.9. The molecule has 2 atom stereocenters. The number of carbonyl (C=O) groups is 4. The maximum atomic E-state index is 14.2. The molecule has 1 aliphatic heterocycles. The van der Waals surface area contributed by atoms with E-state index < -0.39 is 44.1 Å². The summed E-state index contributed by atoms with van der Waals surface area (Å²) in [5, 5.41) is 2.53. The van der Waals surface area contributed by atoms with Gasteiger partial charge in [0.2, 0.25) is 27.6 Å². The summed E-state index contributed by atoms with van der Waals surface area (Å²) < 4.78 is 42.5. The van der Waals surface area contributed by atoms with E-state index in [0.29, 0.717) is 16.9 Å². The molecule has 0 aromatic heterocycles. The highest BCUT2D eigenvalue weighted by molar-refractivity contribution is 7.89. The van der Waals surface area contributed by atoms with Crippen molar-refractivity contribution in [2.24, 2.45) is 0 Å². The third kappa shape index (κ3) is 9.64. The average molecular weight is 810 g/mol. The van der Waals surface area contributed by atoms with Crippen LogP contribution in [-0.2, 0) is 40.0 Å². The number of amides is 3. The number of halogens is 1. The van der Waals surface area contributed by atoms with Gasteiger partial charge in [-0.25, -0.2) is 18.0 Å². The molecule has 3 aromatic carbocycles. The summed E-state index contributed by atoms with van der Waals surface area (Å²) in [6, 6.07) is 18.8. The Hall–Kier alpha value is -4.26. The van der Waals surface area contributed by atoms with Crippen LogP contribution in [0.4, 0.5) is 5.69 Å². The number of nitrogens with one attached hydrogen (secondary N) is 2. The lowest BCUT2D eigenvalue weighted by molar-refractivity contribution is -0.157. The average Bonchev–Trinajstić information content (AvgIpc) is 3.49. The number of aryl methyl sites for hydroxylation is 1. The van der Waals surface area contributed by atoms with Crippen LogP contribution < -0.4 is 19.5 Å². The second-order valence-electron chi connectivity index (χ2n) is 16.2. The van der Waals surface area contributed by atoms with Crippen LogP contribution in [0.3, 0.4) is 0 Å². The molecule has 0 spiro atoms. The van der Waals surface area contributed by atoms with Gasteiger partial charge in [0.05, 0.1) is 11.0 Å². The van der Waals surface area contributed by atoms with E-state index in [-0.39, 0.29) is 52.7 Å². The first kappa shape index (κ1) is 44.5. The number of hydrogen-bond acceptors (Lipinski definition) is 8. The van der Waals surface area contributed by atoms with E-state index in [0.717, 1.165) is 24.2 Å². The smallest absolute Gasteiger partial charge is 0.274 e. The van der Waals surface area contributed by atoms with Gasteiger partial charge in [-0.05, 0) is 93.2 Å². The van der Waals surface area contributed by atoms with Crippen LogP contribution in [0.15, 0.2) is 71.6 Å². The van der Waals surface area contributed by atoms with E-state index in [9.17, 15) is 27.6 Å². The summed E-state index contributed by atoms with van der Waals surface area (Å²) in [4.78, 5) is 51.3. The Bertz CT molecular complexity index is 2050. The van der Waals surface area contributed by atoms with E-state index in [1.807, 2.05) is 13.0 Å². The second-order valence-corrected chi connectivity index (χ2v) is 18.5. The lowest BCUT2D eigenvalue weighted by Gasteiger charge is -2.37. The van der Waals surface area contributed by atoms with Crippen molar-refractivity contribution in [1.82, 2.24) is 9.62 Å². The van der Waals surface area contributed by atoms with Crippen molar-refractivity contribution >= 4 is 50.8 Å². The Morgan fingerprint density at radius 3 is 2.07 bits per heavy atom. The third-order valence-electron chi connectivity index (χ3n) is 10.8. The van der Waals surface area contributed by atoms with Gasteiger partial charge in [0.25, 0.3) is 10.9 Å². The van der Waals surface area contributed by atoms with Crippen molar-refractivity contribution in [3.8, 4) is 11.5 Å². The maximum Gasteiger partial charge on any atom is 0.274 e. The number of benzene rings is 3. The monoisotopic (exact) mass is 809 g/mol. The number of Topliss-reactive ketones (excluding diaryl/α,β-unsaturated/α-hetero) is 1. The van der Waals surface area contributed by atoms with Gasteiger partial charge >= 0.3 is 0 Å². The zero-order valence-corrected chi connectivity index (χ0v) is 35.7. The molecule has 1 heterocycles. The molecule has 0 bridgehead atoms. The van der Waals surface area contributed by atoms with Gasteiger partial charge in [0.15, 0.2) is 5.60 Å². The van der Waals surface area contributed by atoms with Crippen molar-refractivity contribution in [3.63, 3.8) is 0 Å². The summed E-state index contributed by atoms with van der Waals surface area (Å²) in [6.07, 6.45) is 1.52. The highest BCUT2D eigenvalue weighted by atomic mass is 35.5. The number of ether oxygens (including phenoxy) is 2. The van der Waals surface area contributed by atoms with E-state index in [1.165, 1.54) is 37.6 Å². The topological polar surface area (TPSA) is 148 Å². The molecule has 4 rings (SSSR count). The first-order valence-electron chi connectivity index (χ1n) is 19.1. The van der Waals surface area contributed by atoms with Crippen molar-refractivity contribution in [2.75, 3.05) is 11.9 Å². The second kappa shape index (κ2) is 17.1. The molecule has 1 saturated heterocycles. The van der Waals surface area contributed by atoms with Crippen LogP contribution in [-0.4, -0.2) is 60.1 Å². The number of rotatable bonds is 18. The van der Waals surface area contributed by atoms with Gasteiger partial charge in [0, 0.05) is 36.7 Å². The Labute approximate surface area is 336 Å². The summed E-state index contributed by atoms with van der Waals surface area (Å²) >= 11 is 6.80. The number of nitrogens with zero attached hydrogens (tertiary/aromatic N) is 1. The molecule has 11 nitrogen and oxygen atoms in total. The van der Waals surface area contributed by atoms with Gasteiger partial charge in [0.1, 0.15) is 11.5 Å². The number of imide groups is 1. The van der Waals surface area contributed by atoms with E-state index in [1.54, 1.807) is 37.3 Å². The van der Waals surface area contributed by atoms with Crippen LogP contribution in [0.25, 0.3) is 0 Å². The third-order valence-corrected chi connectivity index (χ3v) is 12.9. The van der Waals surface area contributed by atoms with Crippen LogP contribution in [0.2, 0.25) is 0 Å². The molecule has 56 heavy (non-hydrogen) atoms. The molecule has 1 aliphatic rings. The zero-order valence-electron chi connectivity index (χ0n) is 34.2. The fourth-order valence-corrected chi connectivity index (χ4v) is 8.13. The van der Waals surface area contributed by atoms with Crippen LogP contribution in [0.1, 0.15) is 111 Å². The summed E-state index contributed by atoms with van der Waals surface area (Å²) in [6.45, 7) is 19.4. The normalized spacial score (nSPS) is 15.7. The number of para-hydroxylation sites is 1. The minimum atomic E-state index is -4.08. The molecule has 3 aromatic rings. The quantitative estimate of drug-likeness (QED) is 0.0570. The Kier molecular flexibility index (Phi) is 13.6. The Morgan fingerprint density at radius 1 is 0.875 bits per heavy atom. The highest BCUT2D eigenvalue weighted by Gasteiger charge is 2.60. The summed E-state index contributed by atoms with van der Waals surface area (Å²) in [5.74, 6) is -3.04. The minimum absolute atomic E-state index is 0.00889. The van der Waals surface area contributed by atoms with Crippen molar-refractivity contribution in [2.45, 2.75) is 134 Å². The number of likely N-dealkylation sites (tertiary alicyclic amines) is 1. The Morgan fingerprint density at radius 2 is 1.48 bits per heavy atom. The molecular formula is C43H56ClN3O8S. The molecule has 3 amide bonds. The lowest BCUT2D eigenvalue weighted by atomic mass is 9.76. The SMILES string of the molecule is CCC(C)(C)c1ccc(OC(C)CCNS(=O)(=O)c2cc(OC(C)(C)C(=O)C(Cl)(C(=O)Nc3ccccc3)N3C(=O)CCC3=O)ccc2C)c(C(C)(C)CC)c1. The van der Waals surface area contributed by atoms with Crippen molar-refractivity contribution < 1.29 is 37.1 Å². The number of sulfonamides is 1. The van der Waals surface area contributed by atoms with Crippen LogP contribution in [0, 0.1) is 6.92 Å².